The fourth-order valence-corrected chi connectivity index (χ4v) is 5.97. The quantitative estimate of drug-likeness (QED) is 0.254. The zero-order valence-electron chi connectivity index (χ0n) is 24.4. The molecule has 0 unspecified atom stereocenters. The zero-order chi connectivity index (χ0) is 31.4. The van der Waals surface area contributed by atoms with E-state index in [0.29, 0.717) is 44.0 Å². The molecular formula is C31H37F4N5O4. The van der Waals surface area contributed by atoms with E-state index in [9.17, 15) is 28.2 Å². The first-order valence-electron chi connectivity index (χ1n) is 14.7. The second-order valence-corrected chi connectivity index (χ2v) is 11.6. The van der Waals surface area contributed by atoms with Gasteiger partial charge in [-0.1, -0.05) is 0 Å². The van der Waals surface area contributed by atoms with Gasteiger partial charge in [0.05, 0.1) is 24.4 Å². The molecule has 5 rings (SSSR count). The topological polar surface area (TPSA) is 112 Å². The van der Waals surface area contributed by atoms with Gasteiger partial charge in [-0.15, -0.1) is 0 Å². The van der Waals surface area contributed by atoms with Crippen LogP contribution in [0.2, 0.25) is 0 Å². The molecular weight excluding hydrogens is 582 g/mol. The Hall–Kier alpha value is -3.68. The number of aliphatic hydroxyl groups excluding tert-OH is 1. The summed E-state index contributed by atoms with van der Waals surface area (Å²) in [6.45, 7) is 2.61. The lowest BCUT2D eigenvalue weighted by molar-refractivity contribution is 0.0253. The fourth-order valence-electron chi connectivity index (χ4n) is 5.97. The number of ether oxygens (including phenoxy) is 1. The van der Waals surface area contributed by atoms with Crippen molar-refractivity contribution >= 4 is 6.03 Å². The number of imidazole rings is 1. The number of hydrogen-bond acceptors (Lipinski definition) is 6. The molecule has 0 bridgehead atoms. The maximum atomic E-state index is 15.0. The van der Waals surface area contributed by atoms with Crippen molar-refractivity contribution in [2.75, 3.05) is 39.5 Å². The minimum Gasteiger partial charge on any atom is -0.508 e. The number of carbonyl (C=O) groups is 1. The van der Waals surface area contributed by atoms with Crippen LogP contribution in [0.5, 0.6) is 5.75 Å². The molecule has 0 saturated carbocycles. The molecule has 1 aromatic heterocycles. The van der Waals surface area contributed by atoms with Crippen molar-refractivity contribution in [2.45, 2.75) is 44.6 Å². The highest BCUT2D eigenvalue weighted by Gasteiger charge is 2.40. The number of aromatic nitrogens is 2. The van der Waals surface area contributed by atoms with Crippen molar-refractivity contribution in [3.63, 3.8) is 0 Å². The summed E-state index contributed by atoms with van der Waals surface area (Å²) in [5.74, 6) is -2.80. The van der Waals surface area contributed by atoms with Crippen molar-refractivity contribution in [3.05, 3.63) is 71.4 Å². The summed E-state index contributed by atoms with van der Waals surface area (Å²) in [6, 6.07) is 4.66. The van der Waals surface area contributed by atoms with Gasteiger partial charge in [0.25, 0.3) is 0 Å². The normalized spacial score (nSPS) is 20.4. The number of benzene rings is 2. The second kappa shape index (κ2) is 14.0. The molecule has 0 spiro atoms. The molecule has 2 amide bonds. The number of phenols is 1. The summed E-state index contributed by atoms with van der Waals surface area (Å²) in [5, 5.41) is 25.5. The lowest BCUT2D eigenvalue weighted by atomic mass is 9.89. The third-order valence-electron chi connectivity index (χ3n) is 8.21. The van der Waals surface area contributed by atoms with Crippen LogP contribution in [0.3, 0.4) is 0 Å². The maximum absolute atomic E-state index is 15.0. The predicted molar refractivity (Wildman–Crippen MR) is 154 cm³/mol. The SMILES string of the molecule is C[C@@H](CO)NC(=O)N(C[C@@H]1CNC[C@@H]1F)[C@@H](c1nc(-c2cc(F)ccc2F)cn1Cc1cc(O)cc(F)c1)C1CCOCC1. The summed E-state index contributed by atoms with van der Waals surface area (Å²) in [7, 11) is 0. The molecule has 4 atom stereocenters. The van der Waals surface area contributed by atoms with Crippen LogP contribution >= 0.6 is 0 Å². The van der Waals surface area contributed by atoms with Crippen molar-refractivity contribution in [2.24, 2.45) is 11.8 Å². The number of nitrogens with one attached hydrogen (secondary N) is 2. The summed E-state index contributed by atoms with van der Waals surface area (Å²) < 4.78 is 65.8. The van der Waals surface area contributed by atoms with Gasteiger partial charge in [0, 0.05) is 63.1 Å². The number of carbonyl (C=O) groups excluding carboxylic acids is 1. The van der Waals surface area contributed by atoms with Crippen molar-refractivity contribution < 1.29 is 37.3 Å². The van der Waals surface area contributed by atoms with Gasteiger partial charge >= 0.3 is 6.03 Å². The molecule has 44 heavy (non-hydrogen) atoms. The van der Waals surface area contributed by atoms with E-state index in [1.165, 1.54) is 23.2 Å². The van der Waals surface area contributed by atoms with Crippen LogP contribution in [-0.2, 0) is 11.3 Å². The zero-order valence-corrected chi connectivity index (χ0v) is 24.4. The Balaban J connectivity index is 1.67. The van der Waals surface area contributed by atoms with E-state index in [4.69, 9.17) is 9.72 Å². The van der Waals surface area contributed by atoms with E-state index >= 15 is 4.39 Å². The summed E-state index contributed by atoms with van der Waals surface area (Å²) in [5.41, 5.74) is 0.350. The molecule has 2 aliphatic heterocycles. The highest BCUT2D eigenvalue weighted by Crippen LogP contribution is 2.38. The van der Waals surface area contributed by atoms with Gasteiger partial charge in [0.1, 0.15) is 35.2 Å². The van der Waals surface area contributed by atoms with Crippen LogP contribution in [0.15, 0.2) is 42.6 Å². The van der Waals surface area contributed by atoms with E-state index in [-0.39, 0.29) is 49.2 Å². The minimum atomic E-state index is -1.21. The van der Waals surface area contributed by atoms with Crippen molar-refractivity contribution in [3.8, 4) is 17.0 Å². The fraction of sp³-hybridized carbons (Fsp3) is 0.484. The van der Waals surface area contributed by atoms with E-state index in [0.717, 1.165) is 24.3 Å². The van der Waals surface area contributed by atoms with E-state index in [2.05, 4.69) is 10.6 Å². The number of phenolic OH excluding ortho intramolecular Hbond substituents is 1. The van der Waals surface area contributed by atoms with Gasteiger partial charge in [-0.25, -0.2) is 27.3 Å². The molecule has 0 aliphatic carbocycles. The average molecular weight is 620 g/mol. The number of aromatic hydroxyl groups is 1. The van der Waals surface area contributed by atoms with Gasteiger partial charge in [-0.2, -0.15) is 0 Å². The lowest BCUT2D eigenvalue weighted by Crippen LogP contribution is -2.51. The third-order valence-corrected chi connectivity index (χ3v) is 8.21. The predicted octanol–water partition coefficient (Wildman–Crippen LogP) is 4.14. The van der Waals surface area contributed by atoms with Gasteiger partial charge < -0.3 is 35.1 Å². The second-order valence-electron chi connectivity index (χ2n) is 11.6. The highest BCUT2D eigenvalue weighted by atomic mass is 19.1. The molecule has 2 fully saturated rings. The van der Waals surface area contributed by atoms with Gasteiger partial charge in [-0.3, -0.25) is 0 Å². The molecule has 13 heteroatoms. The first-order valence-corrected chi connectivity index (χ1v) is 14.7. The Morgan fingerprint density at radius 2 is 1.93 bits per heavy atom. The van der Waals surface area contributed by atoms with E-state index in [1.807, 2.05) is 0 Å². The number of rotatable bonds is 10. The molecule has 3 aromatic rings. The van der Waals surface area contributed by atoms with Crippen LogP contribution in [0.25, 0.3) is 11.3 Å². The van der Waals surface area contributed by atoms with Crippen molar-refractivity contribution in [1.82, 2.24) is 25.1 Å². The molecule has 9 nitrogen and oxygen atoms in total. The highest BCUT2D eigenvalue weighted by molar-refractivity contribution is 5.75. The van der Waals surface area contributed by atoms with Crippen LogP contribution in [-0.4, -0.2) is 82.4 Å². The Kier molecular flexibility index (Phi) is 10.1. The van der Waals surface area contributed by atoms with Gasteiger partial charge in [0.2, 0.25) is 0 Å². The van der Waals surface area contributed by atoms with E-state index in [1.54, 1.807) is 11.5 Å². The standard InChI is InChI=1S/C31H37F4N5O4/c1-18(17-41)37-31(43)40(15-21-12-36-13-27(21)35)29(20-4-6-44-7-5-20)30-38-28(25-11-22(32)2-3-26(25)34)16-39(30)14-19-8-23(33)10-24(42)9-19/h2-3,8-11,16,18,20-21,27,29,36,41-42H,4-7,12-15,17H2,1H3,(H,37,43)/t18-,21-,27-,29+/m0/s1. The average Bonchev–Trinajstić information content (AvgIpc) is 3.59. The molecule has 238 valence electrons. The first-order chi connectivity index (χ1) is 21.1. The molecule has 3 heterocycles. The van der Waals surface area contributed by atoms with Crippen LogP contribution in [0.1, 0.15) is 37.2 Å². The van der Waals surface area contributed by atoms with Crippen LogP contribution in [0, 0.1) is 29.3 Å². The van der Waals surface area contributed by atoms with Crippen LogP contribution in [0.4, 0.5) is 22.4 Å². The third kappa shape index (κ3) is 7.33. The number of aliphatic hydroxyl groups is 1. The Morgan fingerprint density at radius 3 is 2.61 bits per heavy atom. The number of amides is 2. The number of nitrogens with zero attached hydrogens (tertiary/aromatic N) is 3. The van der Waals surface area contributed by atoms with E-state index < -0.39 is 47.7 Å². The smallest absolute Gasteiger partial charge is 0.318 e. The Labute approximate surface area is 252 Å². The largest absolute Gasteiger partial charge is 0.508 e. The Bertz CT molecular complexity index is 1430. The summed E-state index contributed by atoms with van der Waals surface area (Å²) in [4.78, 5) is 20.2. The molecule has 2 aromatic carbocycles. The number of halogens is 4. The van der Waals surface area contributed by atoms with Gasteiger partial charge in [0.15, 0.2) is 0 Å². The lowest BCUT2D eigenvalue weighted by Gasteiger charge is -2.40. The van der Waals surface area contributed by atoms with Gasteiger partial charge in [-0.05, 0) is 61.6 Å². The number of hydrogen-bond donors (Lipinski definition) is 4. The number of urea groups is 1. The maximum Gasteiger partial charge on any atom is 0.318 e. The molecule has 0 radical (unpaired) electrons. The molecule has 4 N–H and O–H groups in total. The minimum absolute atomic E-state index is 0.0114. The summed E-state index contributed by atoms with van der Waals surface area (Å²) in [6.07, 6.45) is 1.36. The Morgan fingerprint density at radius 1 is 1.16 bits per heavy atom. The molecule has 2 saturated heterocycles. The van der Waals surface area contributed by atoms with Crippen LogP contribution < -0.4 is 10.6 Å². The summed E-state index contributed by atoms with van der Waals surface area (Å²) >= 11 is 0. The molecule has 2 aliphatic rings. The van der Waals surface area contributed by atoms with Crippen molar-refractivity contribution in [1.29, 1.82) is 0 Å². The number of alkyl halides is 1. The monoisotopic (exact) mass is 619 g/mol. The first kappa shape index (κ1) is 31.7.